The van der Waals surface area contributed by atoms with Crippen LogP contribution in [-0.2, 0) is 0 Å². The molecule has 0 aromatic heterocycles. The first-order valence-corrected chi connectivity index (χ1v) is 8.41. The summed E-state index contributed by atoms with van der Waals surface area (Å²) >= 11 is 1.93. The molecule has 0 bridgehead atoms. The zero-order valence-corrected chi connectivity index (χ0v) is 16.3. The summed E-state index contributed by atoms with van der Waals surface area (Å²) < 4.78 is 5.06. The van der Waals surface area contributed by atoms with E-state index in [0.29, 0.717) is 24.6 Å². The average molecular weight is 450 g/mol. The van der Waals surface area contributed by atoms with Crippen molar-refractivity contribution < 1.29 is 9.53 Å². The standard InChI is InChI=1S/C15H22N4O2S.HI/c1-21-13-4-2-12(3-5-13)14(20)17-6-7-18-15(16)19-8-10-22-11-9-19;/h2-5H,6-11H2,1H3,(H2,16,18)(H,17,20);1H. The molecule has 0 spiro atoms. The molecular formula is C15H23IN4O2S. The molecule has 0 saturated carbocycles. The minimum absolute atomic E-state index is 0. The highest BCUT2D eigenvalue weighted by Gasteiger charge is 2.11. The molecule has 1 fully saturated rings. The van der Waals surface area contributed by atoms with Gasteiger partial charge in [-0.25, -0.2) is 0 Å². The smallest absolute Gasteiger partial charge is 0.251 e. The largest absolute Gasteiger partial charge is 0.497 e. The molecule has 2 rings (SSSR count). The predicted octanol–water partition coefficient (Wildman–Crippen LogP) is 1.41. The third-order valence-corrected chi connectivity index (χ3v) is 4.30. The molecule has 6 nitrogen and oxygen atoms in total. The Kier molecular flexibility index (Phi) is 9.15. The normalized spacial score (nSPS) is 14.8. The number of guanidine groups is 1. The highest BCUT2D eigenvalue weighted by atomic mass is 127. The monoisotopic (exact) mass is 450 g/mol. The van der Waals surface area contributed by atoms with Crippen molar-refractivity contribution in [2.75, 3.05) is 44.8 Å². The van der Waals surface area contributed by atoms with Crippen LogP contribution in [0.4, 0.5) is 0 Å². The summed E-state index contributed by atoms with van der Waals surface area (Å²) in [5.41, 5.74) is 6.55. The van der Waals surface area contributed by atoms with Crippen molar-refractivity contribution in [3.05, 3.63) is 29.8 Å². The van der Waals surface area contributed by atoms with Gasteiger partial charge in [0, 0.05) is 36.7 Å². The number of hydrogen-bond acceptors (Lipinski definition) is 4. The summed E-state index contributed by atoms with van der Waals surface area (Å²) in [6, 6.07) is 6.99. The van der Waals surface area contributed by atoms with Gasteiger partial charge in [-0.1, -0.05) is 0 Å². The van der Waals surface area contributed by atoms with Gasteiger partial charge in [-0.15, -0.1) is 24.0 Å². The fraction of sp³-hybridized carbons (Fsp3) is 0.467. The van der Waals surface area contributed by atoms with Crippen molar-refractivity contribution in [3.8, 4) is 5.75 Å². The molecule has 0 unspecified atom stereocenters. The number of carbonyl (C=O) groups is 1. The Morgan fingerprint density at radius 2 is 2.00 bits per heavy atom. The van der Waals surface area contributed by atoms with Gasteiger partial charge in [0.1, 0.15) is 5.75 Å². The van der Waals surface area contributed by atoms with Gasteiger partial charge in [0.2, 0.25) is 0 Å². The number of benzene rings is 1. The van der Waals surface area contributed by atoms with Crippen molar-refractivity contribution in [2.24, 2.45) is 10.7 Å². The minimum atomic E-state index is -0.120. The second-order valence-electron chi connectivity index (χ2n) is 4.82. The summed E-state index contributed by atoms with van der Waals surface area (Å²) in [5, 5.41) is 2.83. The molecule has 0 radical (unpaired) electrons. The quantitative estimate of drug-likeness (QED) is 0.307. The van der Waals surface area contributed by atoms with Crippen LogP contribution in [0.2, 0.25) is 0 Å². The number of halogens is 1. The van der Waals surface area contributed by atoms with Crippen LogP contribution in [-0.4, -0.2) is 61.6 Å². The van der Waals surface area contributed by atoms with Crippen molar-refractivity contribution in [2.45, 2.75) is 0 Å². The number of nitrogens with one attached hydrogen (secondary N) is 1. The number of ether oxygens (including phenoxy) is 1. The van der Waals surface area contributed by atoms with Crippen LogP contribution < -0.4 is 15.8 Å². The Balaban J connectivity index is 0.00000264. The summed E-state index contributed by atoms with van der Waals surface area (Å²) in [7, 11) is 1.60. The van der Waals surface area contributed by atoms with E-state index in [-0.39, 0.29) is 29.9 Å². The molecule has 23 heavy (non-hydrogen) atoms. The van der Waals surface area contributed by atoms with Gasteiger partial charge < -0.3 is 20.7 Å². The molecule has 1 aliphatic rings. The third kappa shape index (κ3) is 6.46. The van der Waals surface area contributed by atoms with Gasteiger partial charge in [0.15, 0.2) is 5.96 Å². The Morgan fingerprint density at radius 3 is 2.61 bits per heavy atom. The number of methoxy groups -OCH3 is 1. The Morgan fingerprint density at radius 1 is 1.35 bits per heavy atom. The number of rotatable bonds is 5. The van der Waals surface area contributed by atoms with E-state index in [1.54, 1.807) is 31.4 Å². The van der Waals surface area contributed by atoms with E-state index in [9.17, 15) is 4.79 Å². The summed E-state index contributed by atoms with van der Waals surface area (Å²) in [4.78, 5) is 18.3. The van der Waals surface area contributed by atoms with E-state index < -0.39 is 0 Å². The maximum atomic E-state index is 11.9. The lowest BCUT2D eigenvalue weighted by molar-refractivity contribution is 0.0954. The Hall–Kier alpha value is -1.16. The summed E-state index contributed by atoms with van der Waals surface area (Å²) in [5.74, 6) is 3.35. The van der Waals surface area contributed by atoms with Crippen LogP contribution in [0, 0.1) is 0 Å². The number of thioether (sulfide) groups is 1. The van der Waals surface area contributed by atoms with Crippen LogP contribution in [0.1, 0.15) is 10.4 Å². The van der Waals surface area contributed by atoms with Gasteiger partial charge in [-0.2, -0.15) is 11.8 Å². The van der Waals surface area contributed by atoms with Crippen molar-refractivity contribution >= 4 is 47.6 Å². The first-order valence-electron chi connectivity index (χ1n) is 7.25. The van der Waals surface area contributed by atoms with E-state index in [1.807, 2.05) is 11.8 Å². The number of nitrogens with two attached hydrogens (primary N) is 1. The highest BCUT2D eigenvalue weighted by Crippen LogP contribution is 2.11. The minimum Gasteiger partial charge on any atom is -0.497 e. The summed E-state index contributed by atoms with van der Waals surface area (Å²) in [6.45, 7) is 2.84. The molecule has 128 valence electrons. The second kappa shape index (κ2) is 10.6. The second-order valence-corrected chi connectivity index (χ2v) is 6.05. The third-order valence-electron chi connectivity index (χ3n) is 3.36. The van der Waals surface area contributed by atoms with Crippen LogP contribution >= 0.6 is 35.7 Å². The molecule has 1 aromatic carbocycles. The van der Waals surface area contributed by atoms with Gasteiger partial charge in [0.05, 0.1) is 13.7 Å². The molecule has 0 atom stereocenters. The van der Waals surface area contributed by atoms with E-state index >= 15 is 0 Å². The first kappa shape index (κ1) is 19.9. The van der Waals surface area contributed by atoms with Crippen LogP contribution in [0.25, 0.3) is 0 Å². The van der Waals surface area contributed by atoms with Crippen LogP contribution in [0.3, 0.4) is 0 Å². The molecule has 1 aromatic rings. The number of aliphatic imine (C=N–C) groups is 1. The fourth-order valence-corrected chi connectivity index (χ4v) is 2.98. The predicted molar refractivity (Wildman–Crippen MR) is 106 cm³/mol. The zero-order chi connectivity index (χ0) is 15.8. The Bertz CT molecular complexity index is 519. The first-order chi connectivity index (χ1) is 10.7. The lowest BCUT2D eigenvalue weighted by atomic mass is 10.2. The molecule has 0 aliphatic carbocycles. The number of carbonyl (C=O) groups excluding carboxylic acids is 1. The maximum absolute atomic E-state index is 11.9. The lowest BCUT2D eigenvalue weighted by Gasteiger charge is -2.27. The molecule has 3 N–H and O–H groups in total. The summed E-state index contributed by atoms with van der Waals surface area (Å²) in [6.07, 6.45) is 0. The van der Waals surface area contributed by atoms with Crippen molar-refractivity contribution in [1.82, 2.24) is 10.2 Å². The molecule has 1 heterocycles. The van der Waals surface area contributed by atoms with Gasteiger partial charge in [0.25, 0.3) is 5.91 Å². The van der Waals surface area contributed by atoms with Crippen LogP contribution in [0.15, 0.2) is 29.3 Å². The number of amides is 1. The lowest BCUT2D eigenvalue weighted by Crippen LogP contribution is -2.43. The van der Waals surface area contributed by atoms with E-state index in [4.69, 9.17) is 10.5 Å². The Labute approximate surface area is 158 Å². The van der Waals surface area contributed by atoms with E-state index in [0.717, 1.165) is 30.3 Å². The molecule has 1 saturated heterocycles. The van der Waals surface area contributed by atoms with Crippen LogP contribution in [0.5, 0.6) is 5.75 Å². The highest BCUT2D eigenvalue weighted by molar-refractivity contribution is 14.0. The molecule has 1 aliphatic heterocycles. The topological polar surface area (TPSA) is 79.9 Å². The average Bonchev–Trinajstić information content (AvgIpc) is 2.59. The van der Waals surface area contributed by atoms with Gasteiger partial charge >= 0.3 is 0 Å². The van der Waals surface area contributed by atoms with Gasteiger partial charge in [-0.05, 0) is 24.3 Å². The van der Waals surface area contributed by atoms with Gasteiger partial charge in [-0.3, -0.25) is 9.79 Å². The molecular weight excluding hydrogens is 427 g/mol. The zero-order valence-electron chi connectivity index (χ0n) is 13.2. The maximum Gasteiger partial charge on any atom is 0.251 e. The number of nitrogens with zero attached hydrogens (tertiary/aromatic N) is 2. The van der Waals surface area contributed by atoms with Crippen molar-refractivity contribution in [3.63, 3.8) is 0 Å². The SMILES string of the molecule is COc1ccc(C(=O)NCCN=C(N)N2CCSCC2)cc1.I. The number of hydrogen-bond donors (Lipinski definition) is 2. The molecule has 1 amide bonds. The van der Waals surface area contributed by atoms with Crippen molar-refractivity contribution in [1.29, 1.82) is 0 Å². The molecule has 8 heteroatoms. The fourth-order valence-electron chi connectivity index (χ4n) is 2.08. The van der Waals surface area contributed by atoms with E-state index in [1.165, 1.54) is 0 Å². The van der Waals surface area contributed by atoms with E-state index in [2.05, 4.69) is 15.2 Å².